The summed E-state index contributed by atoms with van der Waals surface area (Å²) in [5, 5.41) is 17.8. The van der Waals surface area contributed by atoms with Crippen LogP contribution in [0.2, 0.25) is 0 Å². The second kappa shape index (κ2) is 9.59. The number of carbonyl (C=O) groups excluding carboxylic acids is 1. The Kier molecular flexibility index (Phi) is 6.85. The summed E-state index contributed by atoms with van der Waals surface area (Å²) in [6, 6.07) is 13.1. The average Bonchev–Trinajstić information content (AvgIpc) is 3.38. The number of benzene rings is 3. The highest BCUT2D eigenvalue weighted by molar-refractivity contribution is 5.96. The van der Waals surface area contributed by atoms with E-state index in [0.717, 1.165) is 55.0 Å². The molecule has 1 heterocycles. The largest absolute Gasteiger partial charge is 0.416 e. The first-order valence-electron chi connectivity index (χ1n) is 11.1. The third-order valence-corrected chi connectivity index (χ3v) is 6.21. The Morgan fingerprint density at radius 1 is 0.778 bits per heavy atom. The molecule has 36 heavy (non-hydrogen) atoms. The molecule has 0 aromatic heterocycles. The molecule has 3 N–H and O–H groups in total. The highest BCUT2D eigenvalue weighted by Gasteiger charge is 2.39. The fourth-order valence-corrected chi connectivity index (χ4v) is 4.31. The summed E-state index contributed by atoms with van der Waals surface area (Å²) in [4.78, 5) is 12.8. The second-order valence-corrected chi connectivity index (χ2v) is 8.54. The Bertz CT molecular complexity index is 1160. The second-order valence-electron chi connectivity index (χ2n) is 8.54. The van der Waals surface area contributed by atoms with Crippen molar-refractivity contribution in [2.45, 2.75) is 36.8 Å². The minimum absolute atomic E-state index is 0.0176. The van der Waals surface area contributed by atoms with Crippen LogP contribution in [0.15, 0.2) is 72.8 Å². The Morgan fingerprint density at radius 3 is 1.69 bits per heavy atom. The van der Waals surface area contributed by atoms with Crippen molar-refractivity contribution in [1.82, 2.24) is 5.32 Å². The molecule has 1 aliphatic rings. The fraction of sp³-hybridized carbons (Fsp3) is 0.269. The Balaban J connectivity index is 1.84. The van der Waals surface area contributed by atoms with Crippen molar-refractivity contribution in [2.75, 3.05) is 11.9 Å². The van der Waals surface area contributed by atoms with Crippen molar-refractivity contribution < 1.29 is 36.2 Å². The number of halogens is 6. The molecule has 1 aliphatic heterocycles. The summed E-state index contributed by atoms with van der Waals surface area (Å²) in [6.45, 7) is 0.667. The number of amides is 1. The van der Waals surface area contributed by atoms with Gasteiger partial charge in [-0.05, 0) is 60.8 Å². The minimum atomic E-state index is -4.62. The number of rotatable bonds is 5. The van der Waals surface area contributed by atoms with Gasteiger partial charge in [-0.2, -0.15) is 26.3 Å². The van der Waals surface area contributed by atoms with Gasteiger partial charge in [-0.25, -0.2) is 0 Å². The molecule has 3 aromatic carbocycles. The monoisotopic (exact) mass is 508 g/mol. The number of hydrogen-bond donors (Lipinski definition) is 3. The van der Waals surface area contributed by atoms with E-state index in [1.807, 2.05) is 0 Å². The molecule has 0 aliphatic carbocycles. The molecule has 10 heteroatoms. The third kappa shape index (κ3) is 5.10. The number of aliphatic hydroxyl groups is 1. The molecule has 3 aromatic rings. The van der Waals surface area contributed by atoms with Crippen molar-refractivity contribution in [3.63, 3.8) is 0 Å². The number of alkyl halides is 6. The number of carbonyl (C=O) groups is 1. The predicted octanol–water partition coefficient (Wildman–Crippen LogP) is 5.70. The van der Waals surface area contributed by atoms with Gasteiger partial charge in [0.2, 0.25) is 5.91 Å². The highest BCUT2D eigenvalue weighted by Crippen LogP contribution is 2.42. The van der Waals surface area contributed by atoms with Crippen molar-refractivity contribution in [2.24, 2.45) is 0 Å². The van der Waals surface area contributed by atoms with Crippen LogP contribution in [0.5, 0.6) is 0 Å². The van der Waals surface area contributed by atoms with Crippen molar-refractivity contribution in [1.29, 1.82) is 0 Å². The van der Waals surface area contributed by atoms with Crippen LogP contribution in [0, 0.1) is 0 Å². The van der Waals surface area contributed by atoms with Crippen LogP contribution in [0.1, 0.15) is 40.7 Å². The topological polar surface area (TPSA) is 61.4 Å². The number of nitrogens with one attached hydrogen (secondary N) is 2. The summed E-state index contributed by atoms with van der Waals surface area (Å²) >= 11 is 0. The van der Waals surface area contributed by atoms with E-state index in [1.165, 1.54) is 12.1 Å². The quantitative estimate of drug-likeness (QED) is 0.306. The molecular formula is C26H22F6N2O2. The van der Waals surface area contributed by atoms with Crippen molar-refractivity contribution in [3.8, 4) is 0 Å². The molecular weight excluding hydrogens is 486 g/mol. The molecule has 1 amide bonds. The molecule has 1 atom stereocenters. The lowest BCUT2D eigenvalue weighted by molar-refractivity contribution is -0.138. The van der Waals surface area contributed by atoms with Gasteiger partial charge in [0.25, 0.3) is 0 Å². The fourth-order valence-electron chi connectivity index (χ4n) is 4.31. The molecule has 0 radical (unpaired) electrons. The van der Waals surface area contributed by atoms with Gasteiger partial charge in [0.15, 0.2) is 0 Å². The van der Waals surface area contributed by atoms with Crippen molar-refractivity contribution >= 4 is 11.6 Å². The molecule has 190 valence electrons. The standard InChI is InChI=1S/C26H22F6N2O2/c27-25(28,29)18-11-7-16(8-12-18)24(36,17-9-13-19(14-10-17)26(30,31)32)20-4-1-2-5-21(20)34-23(35)22-6-3-15-33-22/h1-2,4-5,7-14,22,33,36H,3,6,15H2,(H,34,35)/t22-/m0/s1. The Morgan fingerprint density at radius 2 is 1.25 bits per heavy atom. The van der Waals surface area contributed by atoms with Gasteiger partial charge in [-0.15, -0.1) is 0 Å². The van der Waals surface area contributed by atoms with Gasteiger partial charge in [0.05, 0.1) is 17.2 Å². The Labute approximate surface area is 203 Å². The highest BCUT2D eigenvalue weighted by atomic mass is 19.4. The van der Waals surface area contributed by atoms with Crippen LogP contribution in [0.3, 0.4) is 0 Å². The normalized spacial score (nSPS) is 16.7. The van der Waals surface area contributed by atoms with E-state index in [0.29, 0.717) is 13.0 Å². The average molecular weight is 508 g/mol. The molecule has 0 bridgehead atoms. The SMILES string of the molecule is O=C(Nc1ccccc1C(O)(c1ccc(C(F)(F)F)cc1)c1ccc(C(F)(F)F)cc1)[C@@H]1CCCN1. The van der Waals surface area contributed by atoms with Crippen LogP contribution in [0.4, 0.5) is 32.0 Å². The minimum Gasteiger partial charge on any atom is -0.376 e. The first-order valence-corrected chi connectivity index (χ1v) is 11.1. The van der Waals surface area contributed by atoms with Crippen LogP contribution in [-0.4, -0.2) is 23.6 Å². The van der Waals surface area contributed by atoms with Gasteiger partial charge >= 0.3 is 12.4 Å². The van der Waals surface area contributed by atoms with Gasteiger partial charge in [-0.3, -0.25) is 4.79 Å². The maximum atomic E-state index is 13.2. The number of hydrogen-bond acceptors (Lipinski definition) is 3. The summed E-state index contributed by atoms with van der Waals surface area (Å²) in [7, 11) is 0. The molecule has 0 saturated carbocycles. The smallest absolute Gasteiger partial charge is 0.376 e. The lowest BCUT2D eigenvalue weighted by Gasteiger charge is -2.32. The Hall–Kier alpha value is -3.37. The third-order valence-electron chi connectivity index (χ3n) is 6.21. The van der Waals surface area contributed by atoms with Gasteiger partial charge in [0, 0.05) is 11.3 Å². The van der Waals surface area contributed by atoms with E-state index in [9.17, 15) is 36.2 Å². The molecule has 1 fully saturated rings. The summed E-state index contributed by atoms with van der Waals surface area (Å²) in [5.74, 6) is -0.359. The lowest BCUT2D eigenvalue weighted by Crippen LogP contribution is -2.37. The van der Waals surface area contributed by atoms with Gasteiger partial charge in [-0.1, -0.05) is 42.5 Å². The maximum absolute atomic E-state index is 13.2. The predicted molar refractivity (Wildman–Crippen MR) is 121 cm³/mol. The summed E-state index contributed by atoms with van der Waals surface area (Å²) < 4.78 is 78.9. The van der Waals surface area contributed by atoms with E-state index in [-0.39, 0.29) is 28.3 Å². The van der Waals surface area contributed by atoms with E-state index < -0.39 is 35.1 Å². The first-order chi connectivity index (χ1) is 16.9. The molecule has 4 nitrogen and oxygen atoms in total. The van der Waals surface area contributed by atoms with E-state index >= 15 is 0 Å². The zero-order chi connectivity index (χ0) is 26.1. The molecule has 1 saturated heterocycles. The van der Waals surface area contributed by atoms with Crippen molar-refractivity contribution in [3.05, 3.63) is 101 Å². The zero-order valence-corrected chi connectivity index (χ0v) is 18.8. The molecule has 4 rings (SSSR count). The van der Waals surface area contributed by atoms with E-state index in [2.05, 4.69) is 10.6 Å². The van der Waals surface area contributed by atoms with Crippen LogP contribution >= 0.6 is 0 Å². The number of para-hydroxylation sites is 1. The summed E-state index contributed by atoms with van der Waals surface area (Å²) in [5.41, 5.74) is -3.84. The van der Waals surface area contributed by atoms with Crippen LogP contribution in [0.25, 0.3) is 0 Å². The van der Waals surface area contributed by atoms with Gasteiger partial charge < -0.3 is 15.7 Å². The lowest BCUT2D eigenvalue weighted by atomic mass is 9.79. The van der Waals surface area contributed by atoms with Crippen LogP contribution in [-0.2, 0) is 22.7 Å². The van der Waals surface area contributed by atoms with E-state index in [4.69, 9.17) is 0 Å². The number of anilines is 1. The summed E-state index contributed by atoms with van der Waals surface area (Å²) in [6.07, 6.45) is -7.83. The van der Waals surface area contributed by atoms with E-state index in [1.54, 1.807) is 12.1 Å². The van der Waals surface area contributed by atoms with Crippen LogP contribution < -0.4 is 10.6 Å². The molecule has 0 unspecified atom stereocenters. The van der Waals surface area contributed by atoms with Gasteiger partial charge in [0.1, 0.15) is 5.60 Å². The maximum Gasteiger partial charge on any atom is 0.416 e. The first kappa shape index (κ1) is 25.7. The molecule has 0 spiro atoms. The zero-order valence-electron chi connectivity index (χ0n) is 18.8.